The van der Waals surface area contributed by atoms with Crippen LogP contribution in [0, 0.1) is 0 Å². The van der Waals surface area contributed by atoms with Crippen molar-refractivity contribution in [2.75, 3.05) is 5.32 Å². The maximum atomic E-state index is 10.6. The molecule has 0 aliphatic heterocycles. The van der Waals surface area contributed by atoms with E-state index in [0.29, 0.717) is 5.82 Å². The maximum Gasteiger partial charge on any atom is 0.325 e. The Bertz CT molecular complexity index is 328. The Balaban J connectivity index is 2.71. The van der Waals surface area contributed by atoms with E-state index in [-0.39, 0.29) is 0 Å². The monoisotopic (exact) mass is 195 g/mol. The third-order valence-electron chi connectivity index (χ3n) is 1.82. The molecule has 1 aromatic rings. The van der Waals surface area contributed by atoms with E-state index >= 15 is 0 Å². The number of carboxylic acids is 1. The predicted octanol–water partition coefficient (Wildman–Crippen LogP) is 0.924. The topological polar surface area (TPSA) is 75.1 Å². The molecule has 1 heterocycles. The third kappa shape index (κ3) is 2.69. The minimum atomic E-state index is -0.901. The molecular weight excluding hydrogens is 182 g/mol. The molecule has 0 aliphatic carbocycles. The van der Waals surface area contributed by atoms with Crippen LogP contribution >= 0.6 is 0 Å². The quantitative estimate of drug-likeness (QED) is 0.747. The Morgan fingerprint density at radius 1 is 1.64 bits per heavy atom. The summed E-state index contributed by atoms with van der Waals surface area (Å²) in [6, 6.07) is 1.11. The van der Waals surface area contributed by atoms with Crippen molar-refractivity contribution in [3.05, 3.63) is 18.1 Å². The first-order chi connectivity index (χ1) is 6.63. The number of hydrogen-bond acceptors (Lipinski definition) is 4. The van der Waals surface area contributed by atoms with E-state index in [4.69, 9.17) is 5.11 Å². The fourth-order valence-corrected chi connectivity index (χ4v) is 0.953. The van der Waals surface area contributed by atoms with Crippen LogP contribution in [0.4, 0.5) is 5.82 Å². The second-order valence-electron chi connectivity index (χ2n) is 2.95. The molecule has 0 spiro atoms. The van der Waals surface area contributed by atoms with Gasteiger partial charge in [0, 0.05) is 11.8 Å². The zero-order valence-corrected chi connectivity index (χ0v) is 8.19. The number of aliphatic carboxylic acids is 1. The van der Waals surface area contributed by atoms with Crippen LogP contribution in [0.2, 0.25) is 0 Å². The average molecular weight is 195 g/mol. The Labute approximate surface area is 82.2 Å². The number of nitrogens with zero attached hydrogens (tertiary/aromatic N) is 2. The van der Waals surface area contributed by atoms with Gasteiger partial charge >= 0.3 is 5.97 Å². The summed E-state index contributed by atoms with van der Waals surface area (Å²) < 4.78 is 0. The van der Waals surface area contributed by atoms with E-state index in [1.54, 1.807) is 13.0 Å². The molecule has 5 nitrogen and oxygen atoms in total. The third-order valence-corrected chi connectivity index (χ3v) is 1.82. The lowest BCUT2D eigenvalue weighted by Gasteiger charge is -2.09. The summed E-state index contributed by atoms with van der Waals surface area (Å²) >= 11 is 0. The molecule has 2 N–H and O–H groups in total. The number of carboxylic acid groups (broad SMARTS) is 1. The van der Waals surface area contributed by atoms with E-state index in [2.05, 4.69) is 15.3 Å². The molecule has 1 rings (SSSR count). The highest BCUT2D eigenvalue weighted by atomic mass is 16.4. The molecule has 14 heavy (non-hydrogen) atoms. The number of rotatable bonds is 4. The molecule has 1 unspecified atom stereocenters. The first-order valence-corrected chi connectivity index (χ1v) is 4.43. The van der Waals surface area contributed by atoms with Crippen LogP contribution in [-0.2, 0) is 11.2 Å². The summed E-state index contributed by atoms with van der Waals surface area (Å²) in [4.78, 5) is 18.5. The molecule has 0 aliphatic rings. The van der Waals surface area contributed by atoms with Gasteiger partial charge in [-0.2, -0.15) is 0 Å². The van der Waals surface area contributed by atoms with E-state index in [0.717, 1.165) is 12.1 Å². The summed E-state index contributed by atoms with van der Waals surface area (Å²) in [7, 11) is 0. The minimum Gasteiger partial charge on any atom is -0.480 e. The summed E-state index contributed by atoms with van der Waals surface area (Å²) in [6.07, 6.45) is 2.23. The lowest BCUT2D eigenvalue weighted by atomic mass is 10.3. The lowest BCUT2D eigenvalue weighted by Crippen LogP contribution is -2.25. The van der Waals surface area contributed by atoms with E-state index in [1.807, 2.05) is 6.92 Å². The van der Waals surface area contributed by atoms with Crippen molar-refractivity contribution in [1.82, 2.24) is 9.97 Å². The van der Waals surface area contributed by atoms with Gasteiger partial charge in [-0.05, 0) is 13.3 Å². The highest BCUT2D eigenvalue weighted by molar-refractivity contribution is 5.76. The van der Waals surface area contributed by atoms with Gasteiger partial charge in [0.05, 0.1) is 0 Å². The van der Waals surface area contributed by atoms with E-state index in [9.17, 15) is 4.79 Å². The van der Waals surface area contributed by atoms with Gasteiger partial charge in [-0.1, -0.05) is 6.92 Å². The minimum absolute atomic E-state index is 0.548. The second kappa shape index (κ2) is 4.55. The van der Waals surface area contributed by atoms with Crippen LogP contribution in [0.5, 0.6) is 0 Å². The van der Waals surface area contributed by atoms with Crippen molar-refractivity contribution in [1.29, 1.82) is 0 Å². The molecule has 0 saturated carbocycles. The summed E-state index contributed by atoms with van der Waals surface area (Å²) in [5, 5.41) is 11.4. The molecule has 0 bridgehead atoms. The molecule has 0 saturated heterocycles. The summed E-state index contributed by atoms with van der Waals surface area (Å²) in [5.41, 5.74) is 0.889. The normalized spacial score (nSPS) is 12.1. The van der Waals surface area contributed by atoms with Gasteiger partial charge < -0.3 is 10.4 Å². The van der Waals surface area contributed by atoms with Crippen LogP contribution < -0.4 is 5.32 Å². The molecular formula is C9H13N3O2. The number of aromatic nitrogens is 2. The summed E-state index contributed by atoms with van der Waals surface area (Å²) in [5.74, 6) is -0.353. The van der Waals surface area contributed by atoms with Gasteiger partial charge in [0.2, 0.25) is 0 Å². The fourth-order valence-electron chi connectivity index (χ4n) is 0.953. The van der Waals surface area contributed by atoms with Gasteiger partial charge in [0.15, 0.2) is 0 Å². The summed E-state index contributed by atoms with van der Waals surface area (Å²) in [6.45, 7) is 3.54. The van der Waals surface area contributed by atoms with Crippen molar-refractivity contribution in [3.63, 3.8) is 0 Å². The smallest absolute Gasteiger partial charge is 0.325 e. The molecule has 0 fully saturated rings. The highest BCUT2D eigenvalue weighted by Crippen LogP contribution is 2.05. The van der Waals surface area contributed by atoms with Gasteiger partial charge in [-0.3, -0.25) is 4.79 Å². The number of nitrogens with one attached hydrogen (secondary N) is 1. The number of aryl methyl sites for hydroxylation is 1. The molecule has 0 aromatic carbocycles. The van der Waals surface area contributed by atoms with Gasteiger partial charge in [-0.25, -0.2) is 9.97 Å². The van der Waals surface area contributed by atoms with Crippen LogP contribution in [0.1, 0.15) is 19.5 Å². The van der Waals surface area contributed by atoms with Gasteiger partial charge in [0.1, 0.15) is 18.2 Å². The molecule has 0 amide bonds. The number of hydrogen-bond donors (Lipinski definition) is 2. The maximum absolute atomic E-state index is 10.6. The standard InChI is InChI=1S/C9H13N3O2/c1-3-7-4-8(11-5-10-7)12-6(2)9(13)14/h4-6H,3H2,1-2H3,(H,13,14)(H,10,11,12). The van der Waals surface area contributed by atoms with E-state index in [1.165, 1.54) is 6.33 Å². The average Bonchev–Trinajstić information content (AvgIpc) is 2.18. The zero-order chi connectivity index (χ0) is 10.6. The second-order valence-corrected chi connectivity index (χ2v) is 2.95. The highest BCUT2D eigenvalue weighted by Gasteiger charge is 2.10. The zero-order valence-electron chi connectivity index (χ0n) is 8.19. The predicted molar refractivity (Wildman–Crippen MR) is 52.1 cm³/mol. The number of carbonyl (C=O) groups is 1. The van der Waals surface area contributed by atoms with Crippen LogP contribution in [-0.4, -0.2) is 27.1 Å². The molecule has 1 atom stereocenters. The van der Waals surface area contributed by atoms with Gasteiger partial charge in [-0.15, -0.1) is 0 Å². The van der Waals surface area contributed by atoms with Crippen molar-refractivity contribution >= 4 is 11.8 Å². The van der Waals surface area contributed by atoms with E-state index < -0.39 is 12.0 Å². The lowest BCUT2D eigenvalue weighted by molar-refractivity contribution is -0.137. The Morgan fingerprint density at radius 3 is 2.93 bits per heavy atom. The Kier molecular flexibility index (Phi) is 3.39. The first-order valence-electron chi connectivity index (χ1n) is 4.43. The largest absolute Gasteiger partial charge is 0.480 e. The van der Waals surface area contributed by atoms with Crippen LogP contribution in [0.3, 0.4) is 0 Å². The first kappa shape index (κ1) is 10.4. The van der Waals surface area contributed by atoms with Crippen LogP contribution in [0.15, 0.2) is 12.4 Å². The fraction of sp³-hybridized carbons (Fsp3) is 0.444. The van der Waals surface area contributed by atoms with Crippen molar-refractivity contribution in [3.8, 4) is 0 Å². The van der Waals surface area contributed by atoms with Crippen molar-refractivity contribution in [2.24, 2.45) is 0 Å². The van der Waals surface area contributed by atoms with Crippen molar-refractivity contribution in [2.45, 2.75) is 26.3 Å². The molecule has 0 radical (unpaired) electrons. The van der Waals surface area contributed by atoms with Crippen molar-refractivity contribution < 1.29 is 9.90 Å². The van der Waals surface area contributed by atoms with Crippen LogP contribution in [0.25, 0.3) is 0 Å². The molecule has 1 aromatic heterocycles. The molecule has 5 heteroatoms. The Hall–Kier alpha value is -1.65. The molecule has 76 valence electrons. The SMILES string of the molecule is CCc1cc(NC(C)C(=O)O)ncn1. The Morgan fingerprint density at radius 2 is 2.36 bits per heavy atom. The van der Waals surface area contributed by atoms with Gasteiger partial charge in [0.25, 0.3) is 0 Å². The number of anilines is 1.